The maximum absolute atomic E-state index is 11.7. The van der Waals surface area contributed by atoms with Gasteiger partial charge in [-0.25, -0.2) is 4.79 Å². The van der Waals surface area contributed by atoms with Crippen LogP contribution in [0.3, 0.4) is 0 Å². The van der Waals surface area contributed by atoms with Crippen LogP contribution in [-0.4, -0.2) is 31.9 Å². The molecule has 0 spiro atoms. The first-order valence-electron chi connectivity index (χ1n) is 7.08. The van der Waals surface area contributed by atoms with Crippen molar-refractivity contribution in [1.29, 1.82) is 0 Å². The summed E-state index contributed by atoms with van der Waals surface area (Å²) in [5, 5.41) is 15.5. The Balaban J connectivity index is 1.88. The van der Waals surface area contributed by atoms with E-state index in [-0.39, 0.29) is 13.1 Å². The number of benzene rings is 1. The minimum absolute atomic E-state index is 0.0352. The fourth-order valence-electron chi connectivity index (χ4n) is 2.04. The molecular weight excluding hydrogens is 300 g/mol. The number of carbonyl (C=O) groups is 1. The molecule has 2 aromatic rings. The zero-order valence-electron chi connectivity index (χ0n) is 13.0. The highest BCUT2D eigenvalue weighted by Gasteiger charge is 2.15. The van der Waals surface area contributed by atoms with Gasteiger partial charge in [-0.15, -0.1) is 0 Å². The van der Waals surface area contributed by atoms with Gasteiger partial charge in [0.25, 0.3) is 0 Å². The van der Waals surface area contributed by atoms with Crippen LogP contribution in [0.2, 0.25) is 0 Å². The normalized spacial score (nSPS) is 11.6. The summed E-state index contributed by atoms with van der Waals surface area (Å²) in [6.45, 7) is 0.310. The third-order valence-corrected chi connectivity index (χ3v) is 3.26. The van der Waals surface area contributed by atoms with Crippen LogP contribution in [0.1, 0.15) is 17.4 Å². The molecule has 0 saturated heterocycles. The van der Waals surface area contributed by atoms with Gasteiger partial charge in [0.2, 0.25) is 0 Å². The first kappa shape index (κ1) is 16.7. The third-order valence-electron chi connectivity index (χ3n) is 3.26. The van der Waals surface area contributed by atoms with Crippen LogP contribution < -0.4 is 20.1 Å². The number of furan rings is 1. The largest absolute Gasteiger partial charge is 0.497 e. The molecule has 7 heteroatoms. The van der Waals surface area contributed by atoms with Crippen molar-refractivity contribution in [3.63, 3.8) is 0 Å². The van der Waals surface area contributed by atoms with Crippen LogP contribution in [0.5, 0.6) is 11.5 Å². The zero-order chi connectivity index (χ0) is 16.7. The Hall–Kier alpha value is -2.67. The second-order valence-electron chi connectivity index (χ2n) is 4.77. The standard InChI is InChI=1S/C16H20N2O5/c1-21-11-5-6-15(22-2)13(8-11)14(19)10-18-16(20)17-9-12-4-3-7-23-12/h3-8,14,19H,9-10H2,1-2H3,(H2,17,18,20). The van der Waals surface area contributed by atoms with Crippen molar-refractivity contribution < 1.29 is 23.8 Å². The van der Waals surface area contributed by atoms with E-state index in [1.54, 1.807) is 30.3 Å². The number of aliphatic hydroxyl groups is 1. The molecule has 2 rings (SSSR count). The molecule has 23 heavy (non-hydrogen) atoms. The fourth-order valence-corrected chi connectivity index (χ4v) is 2.04. The Morgan fingerprint density at radius 1 is 1.26 bits per heavy atom. The first-order chi connectivity index (χ1) is 11.1. The minimum Gasteiger partial charge on any atom is -0.497 e. The monoisotopic (exact) mass is 320 g/mol. The number of rotatable bonds is 7. The van der Waals surface area contributed by atoms with E-state index in [2.05, 4.69) is 10.6 Å². The van der Waals surface area contributed by atoms with Crippen molar-refractivity contribution >= 4 is 6.03 Å². The van der Waals surface area contributed by atoms with Gasteiger partial charge in [0.05, 0.1) is 27.0 Å². The summed E-state index contributed by atoms with van der Waals surface area (Å²) in [5.41, 5.74) is 0.540. The lowest BCUT2D eigenvalue weighted by Gasteiger charge is -2.16. The molecule has 1 aromatic heterocycles. The van der Waals surface area contributed by atoms with E-state index in [0.29, 0.717) is 22.8 Å². The maximum atomic E-state index is 11.7. The molecule has 1 heterocycles. The number of aliphatic hydroxyl groups excluding tert-OH is 1. The molecule has 7 nitrogen and oxygen atoms in total. The van der Waals surface area contributed by atoms with Crippen molar-refractivity contribution in [3.8, 4) is 11.5 Å². The quantitative estimate of drug-likeness (QED) is 0.724. The number of nitrogens with one attached hydrogen (secondary N) is 2. The van der Waals surface area contributed by atoms with E-state index in [0.717, 1.165) is 0 Å². The van der Waals surface area contributed by atoms with Gasteiger partial charge in [-0.1, -0.05) is 0 Å². The lowest BCUT2D eigenvalue weighted by atomic mass is 10.1. The van der Waals surface area contributed by atoms with Gasteiger partial charge in [0.1, 0.15) is 23.4 Å². The average molecular weight is 320 g/mol. The Morgan fingerprint density at radius 2 is 2.09 bits per heavy atom. The number of hydrogen-bond acceptors (Lipinski definition) is 5. The number of hydrogen-bond donors (Lipinski definition) is 3. The van der Waals surface area contributed by atoms with E-state index in [9.17, 15) is 9.90 Å². The molecule has 0 aliphatic carbocycles. The van der Waals surface area contributed by atoms with Gasteiger partial charge >= 0.3 is 6.03 Å². The molecular formula is C16H20N2O5. The summed E-state index contributed by atoms with van der Waals surface area (Å²) >= 11 is 0. The number of amides is 2. The number of urea groups is 1. The fraction of sp³-hybridized carbons (Fsp3) is 0.312. The van der Waals surface area contributed by atoms with E-state index in [1.165, 1.54) is 20.5 Å². The second-order valence-corrected chi connectivity index (χ2v) is 4.77. The smallest absolute Gasteiger partial charge is 0.315 e. The van der Waals surface area contributed by atoms with Crippen molar-refractivity contribution in [3.05, 3.63) is 47.9 Å². The summed E-state index contributed by atoms with van der Waals surface area (Å²) in [6, 6.07) is 8.21. The molecule has 1 unspecified atom stereocenters. The van der Waals surface area contributed by atoms with Gasteiger partial charge in [-0.05, 0) is 30.3 Å². The molecule has 1 aromatic carbocycles. The molecule has 1 atom stereocenters. The Labute approximate surface area is 134 Å². The molecule has 0 aliphatic rings. The molecule has 124 valence electrons. The average Bonchev–Trinajstić information content (AvgIpc) is 3.10. The predicted octanol–water partition coefficient (Wildman–Crippen LogP) is 1.83. The van der Waals surface area contributed by atoms with Crippen molar-refractivity contribution in [2.45, 2.75) is 12.6 Å². The van der Waals surface area contributed by atoms with Crippen LogP contribution in [0.25, 0.3) is 0 Å². The number of carbonyl (C=O) groups excluding carboxylic acids is 1. The molecule has 0 radical (unpaired) electrons. The second kappa shape index (κ2) is 8.09. The van der Waals surface area contributed by atoms with Crippen molar-refractivity contribution in [2.24, 2.45) is 0 Å². The van der Waals surface area contributed by atoms with E-state index < -0.39 is 12.1 Å². The molecule has 2 amide bonds. The van der Waals surface area contributed by atoms with Crippen molar-refractivity contribution in [1.82, 2.24) is 10.6 Å². The summed E-state index contributed by atoms with van der Waals surface area (Å²) in [4.78, 5) is 11.7. The van der Waals surface area contributed by atoms with Gasteiger partial charge in [0.15, 0.2) is 0 Å². The topological polar surface area (TPSA) is 93.0 Å². The lowest BCUT2D eigenvalue weighted by Crippen LogP contribution is -2.37. The molecule has 0 aliphatic heterocycles. The number of ether oxygens (including phenoxy) is 2. The summed E-state index contributed by atoms with van der Waals surface area (Å²) in [6.07, 6.45) is 0.614. The highest BCUT2D eigenvalue weighted by atomic mass is 16.5. The van der Waals surface area contributed by atoms with E-state index in [4.69, 9.17) is 13.9 Å². The summed E-state index contributed by atoms with van der Waals surface area (Å²) < 4.78 is 15.5. The van der Waals surface area contributed by atoms with Gasteiger partial charge in [0, 0.05) is 12.1 Å². The molecule has 0 saturated carbocycles. The van der Waals surface area contributed by atoms with E-state index in [1.807, 2.05) is 0 Å². The minimum atomic E-state index is -0.922. The zero-order valence-corrected chi connectivity index (χ0v) is 13.0. The SMILES string of the molecule is COc1ccc(OC)c(C(O)CNC(=O)NCc2ccco2)c1. The van der Waals surface area contributed by atoms with E-state index >= 15 is 0 Å². The predicted molar refractivity (Wildman–Crippen MR) is 83.5 cm³/mol. The lowest BCUT2D eigenvalue weighted by molar-refractivity contribution is 0.168. The van der Waals surface area contributed by atoms with Crippen LogP contribution >= 0.6 is 0 Å². The Morgan fingerprint density at radius 3 is 2.74 bits per heavy atom. The van der Waals surface area contributed by atoms with Gasteiger partial charge in [-0.3, -0.25) is 0 Å². The van der Waals surface area contributed by atoms with Crippen molar-refractivity contribution in [2.75, 3.05) is 20.8 Å². The molecule has 0 bridgehead atoms. The Bertz CT molecular complexity index is 627. The highest BCUT2D eigenvalue weighted by Crippen LogP contribution is 2.28. The van der Waals surface area contributed by atoms with Crippen LogP contribution in [0.4, 0.5) is 4.79 Å². The highest BCUT2D eigenvalue weighted by molar-refractivity contribution is 5.73. The molecule has 3 N–H and O–H groups in total. The Kier molecular flexibility index (Phi) is 5.87. The molecule has 0 fully saturated rings. The van der Waals surface area contributed by atoms with Gasteiger partial charge < -0.3 is 29.6 Å². The maximum Gasteiger partial charge on any atom is 0.315 e. The number of methoxy groups -OCH3 is 2. The third kappa shape index (κ3) is 4.65. The van der Waals surface area contributed by atoms with Crippen LogP contribution in [0, 0.1) is 0 Å². The van der Waals surface area contributed by atoms with Crippen LogP contribution in [-0.2, 0) is 6.54 Å². The van der Waals surface area contributed by atoms with Crippen LogP contribution in [0.15, 0.2) is 41.0 Å². The summed E-state index contributed by atoms with van der Waals surface area (Å²) in [7, 11) is 3.06. The van der Waals surface area contributed by atoms with Gasteiger partial charge in [-0.2, -0.15) is 0 Å². The summed E-state index contributed by atoms with van der Waals surface area (Å²) in [5.74, 6) is 1.77. The first-order valence-corrected chi connectivity index (χ1v) is 7.08.